The van der Waals surface area contributed by atoms with Crippen LogP contribution in [0.1, 0.15) is 11.1 Å². The van der Waals surface area contributed by atoms with E-state index in [-0.39, 0.29) is 12.7 Å². The van der Waals surface area contributed by atoms with Gasteiger partial charge in [0.05, 0.1) is 11.9 Å². The third-order valence-corrected chi connectivity index (χ3v) is 4.12. The molecule has 4 rings (SSSR count). The second-order valence-corrected chi connectivity index (χ2v) is 6.12. The van der Waals surface area contributed by atoms with Gasteiger partial charge in [-0.2, -0.15) is 5.10 Å². The van der Waals surface area contributed by atoms with Crippen LogP contribution in [0.5, 0.6) is 11.5 Å². The maximum Gasteiger partial charge on any atom is 0.244 e. The van der Waals surface area contributed by atoms with Crippen molar-refractivity contribution in [3.63, 3.8) is 0 Å². The van der Waals surface area contributed by atoms with Gasteiger partial charge in [0.1, 0.15) is 0 Å². The number of nitrogens with one attached hydrogen (secondary N) is 1. The van der Waals surface area contributed by atoms with Gasteiger partial charge in [0, 0.05) is 37.6 Å². The zero-order valence-corrected chi connectivity index (χ0v) is 14.8. The third kappa shape index (κ3) is 3.98. The third-order valence-electron chi connectivity index (χ3n) is 4.12. The zero-order chi connectivity index (χ0) is 18.6. The summed E-state index contributed by atoms with van der Waals surface area (Å²) in [7, 11) is 1.86. The molecule has 0 radical (unpaired) electrons. The van der Waals surface area contributed by atoms with Gasteiger partial charge in [-0.25, -0.2) is 0 Å². The van der Waals surface area contributed by atoms with E-state index < -0.39 is 0 Å². The molecule has 1 aliphatic heterocycles. The number of nitrogens with zero attached hydrogens (tertiary/aromatic N) is 3. The summed E-state index contributed by atoms with van der Waals surface area (Å²) < 4.78 is 12.3. The van der Waals surface area contributed by atoms with Crippen molar-refractivity contribution in [2.45, 2.75) is 6.54 Å². The molecule has 3 aromatic rings. The molecule has 0 fully saturated rings. The van der Waals surface area contributed by atoms with Crippen molar-refractivity contribution >= 4 is 12.0 Å². The van der Waals surface area contributed by atoms with E-state index in [0.717, 1.165) is 28.1 Å². The number of amides is 1. The molecule has 1 aliphatic rings. The fourth-order valence-electron chi connectivity index (χ4n) is 2.73. The Balaban J connectivity index is 1.36. The van der Waals surface area contributed by atoms with E-state index in [9.17, 15) is 4.79 Å². The van der Waals surface area contributed by atoms with Crippen molar-refractivity contribution in [3.8, 4) is 22.8 Å². The number of rotatable bonds is 5. The molecule has 0 spiro atoms. The summed E-state index contributed by atoms with van der Waals surface area (Å²) in [5.41, 5.74) is 3.60. The second-order valence-electron chi connectivity index (χ2n) is 6.12. The minimum Gasteiger partial charge on any atom is -0.454 e. The summed E-state index contributed by atoms with van der Waals surface area (Å²) in [5.74, 6) is 1.24. The minimum absolute atomic E-state index is 0.174. The first-order chi connectivity index (χ1) is 13.2. The number of hydrogen-bond acceptors (Lipinski definition) is 5. The van der Waals surface area contributed by atoms with Gasteiger partial charge in [-0.05, 0) is 41.5 Å². The van der Waals surface area contributed by atoms with Gasteiger partial charge >= 0.3 is 0 Å². The number of hydrogen-bond donors (Lipinski definition) is 1. The number of carbonyl (C=O) groups is 1. The maximum absolute atomic E-state index is 12.1. The van der Waals surface area contributed by atoms with Crippen LogP contribution in [0.2, 0.25) is 0 Å². The lowest BCUT2D eigenvalue weighted by molar-refractivity contribution is -0.116. The van der Waals surface area contributed by atoms with Crippen LogP contribution in [0, 0.1) is 0 Å². The fourth-order valence-corrected chi connectivity index (χ4v) is 2.73. The normalized spacial score (nSPS) is 12.5. The van der Waals surface area contributed by atoms with Gasteiger partial charge in [-0.1, -0.05) is 6.07 Å². The molecule has 0 atom stereocenters. The van der Waals surface area contributed by atoms with E-state index in [1.807, 2.05) is 43.6 Å². The standard InChI is InChI=1S/C20H18N4O3/c1-24-12-16(11-23-24)17-8-15(6-7-21-17)10-22-20(25)5-3-14-2-4-18-19(9-14)27-13-26-18/h2-9,11-12H,10,13H2,1H3,(H,22,25). The van der Waals surface area contributed by atoms with Crippen molar-refractivity contribution in [1.29, 1.82) is 0 Å². The summed E-state index contributed by atoms with van der Waals surface area (Å²) in [6.45, 7) is 0.649. The topological polar surface area (TPSA) is 78.3 Å². The van der Waals surface area contributed by atoms with E-state index in [1.54, 1.807) is 23.2 Å². The lowest BCUT2D eigenvalue weighted by atomic mass is 10.1. The first-order valence-corrected chi connectivity index (χ1v) is 8.47. The summed E-state index contributed by atoms with van der Waals surface area (Å²) in [6.07, 6.45) is 8.63. The Hall–Kier alpha value is -3.61. The number of aryl methyl sites for hydroxylation is 1. The number of ether oxygens (including phenoxy) is 2. The molecule has 7 nitrogen and oxygen atoms in total. The number of aromatic nitrogens is 3. The lowest BCUT2D eigenvalue weighted by Crippen LogP contribution is -2.20. The quantitative estimate of drug-likeness (QED) is 0.706. The van der Waals surface area contributed by atoms with Crippen molar-refractivity contribution in [3.05, 3.63) is 66.1 Å². The van der Waals surface area contributed by atoms with E-state index in [0.29, 0.717) is 12.3 Å². The van der Waals surface area contributed by atoms with Crippen LogP contribution in [0.4, 0.5) is 0 Å². The second kappa shape index (κ2) is 7.33. The molecule has 7 heteroatoms. The van der Waals surface area contributed by atoms with E-state index in [4.69, 9.17) is 9.47 Å². The van der Waals surface area contributed by atoms with Gasteiger partial charge in [0.2, 0.25) is 12.7 Å². The molecule has 1 aromatic carbocycles. The first-order valence-electron chi connectivity index (χ1n) is 8.47. The average molecular weight is 362 g/mol. The summed E-state index contributed by atoms with van der Waals surface area (Å²) >= 11 is 0. The Morgan fingerprint density at radius 3 is 3.00 bits per heavy atom. The Morgan fingerprint density at radius 1 is 1.26 bits per heavy atom. The van der Waals surface area contributed by atoms with Gasteiger partial charge < -0.3 is 14.8 Å². The first kappa shape index (κ1) is 16.8. The summed E-state index contributed by atoms with van der Waals surface area (Å²) in [4.78, 5) is 16.5. The largest absolute Gasteiger partial charge is 0.454 e. The number of benzene rings is 1. The van der Waals surface area contributed by atoms with Crippen molar-refractivity contribution < 1.29 is 14.3 Å². The predicted octanol–water partition coefficient (Wildman–Crippen LogP) is 2.54. The molecular formula is C20H18N4O3. The van der Waals surface area contributed by atoms with Crippen molar-refractivity contribution in [2.75, 3.05) is 6.79 Å². The van der Waals surface area contributed by atoms with E-state index in [2.05, 4.69) is 15.4 Å². The molecule has 0 aliphatic carbocycles. The lowest BCUT2D eigenvalue weighted by Gasteiger charge is -2.04. The van der Waals surface area contributed by atoms with E-state index in [1.165, 1.54) is 6.08 Å². The highest BCUT2D eigenvalue weighted by atomic mass is 16.7. The molecule has 1 N–H and O–H groups in total. The number of carbonyl (C=O) groups excluding carboxylic acids is 1. The Morgan fingerprint density at radius 2 is 2.15 bits per heavy atom. The summed E-state index contributed by atoms with van der Waals surface area (Å²) in [6, 6.07) is 9.37. The van der Waals surface area contributed by atoms with Crippen LogP contribution in [-0.4, -0.2) is 27.5 Å². The highest BCUT2D eigenvalue weighted by Crippen LogP contribution is 2.32. The van der Waals surface area contributed by atoms with Gasteiger partial charge in [0.25, 0.3) is 0 Å². The van der Waals surface area contributed by atoms with E-state index >= 15 is 0 Å². The number of pyridine rings is 1. The fraction of sp³-hybridized carbons (Fsp3) is 0.150. The Kier molecular flexibility index (Phi) is 4.57. The molecule has 0 bridgehead atoms. The molecular weight excluding hydrogens is 344 g/mol. The predicted molar refractivity (Wildman–Crippen MR) is 99.9 cm³/mol. The maximum atomic E-state index is 12.1. The highest BCUT2D eigenvalue weighted by Gasteiger charge is 2.12. The molecule has 0 saturated carbocycles. The van der Waals surface area contributed by atoms with Crippen molar-refractivity contribution in [2.24, 2.45) is 7.05 Å². The monoisotopic (exact) mass is 362 g/mol. The van der Waals surface area contributed by atoms with Crippen LogP contribution in [0.3, 0.4) is 0 Å². The average Bonchev–Trinajstić information content (AvgIpc) is 3.33. The molecule has 136 valence electrons. The molecule has 3 heterocycles. The Labute approximate surface area is 156 Å². The SMILES string of the molecule is Cn1cc(-c2cc(CNC(=O)C=Cc3ccc4c(c3)OCO4)ccn2)cn1. The van der Waals surface area contributed by atoms with Crippen LogP contribution in [-0.2, 0) is 18.4 Å². The van der Waals surface area contributed by atoms with Gasteiger partial charge in [0.15, 0.2) is 11.5 Å². The molecule has 0 unspecified atom stereocenters. The molecule has 2 aromatic heterocycles. The summed E-state index contributed by atoms with van der Waals surface area (Å²) in [5, 5.41) is 7.03. The van der Waals surface area contributed by atoms with Gasteiger partial charge in [-0.15, -0.1) is 0 Å². The van der Waals surface area contributed by atoms with Crippen LogP contribution in [0.25, 0.3) is 17.3 Å². The van der Waals surface area contributed by atoms with Crippen molar-refractivity contribution in [1.82, 2.24) is 20.1 Å². The molecule has 27 heavy (non-hydrogen) atoms. The van der Waals surface area contributed by atoms with Crippen LogP contribution >= 0.6 is 0 Å². The molecule has 1 amide bonds. The smallest absolute Gasteiger partial charge is 0.244 e. The molecule has 0 saturated heterocycles. The highest BCUT2D eigenvalue weighted by molar-refractivity contribution is 5.91. The zero-order valence-electron chi connectivity index (χ0n) is 14.8. The van der Waals surface area contributed by atoms with Gasteiger partial charge in [-0.3, -0.25) is 14.5 Å². The minimum atomic E-state index is -0.174. The van der Waals surface area contributed by atoms with Crippen LogP contribution < -0.4 is 14.8 Å². The Bertz CT molecular complexity index is 1010. The number of fused-ring (bicyclic) bond motifs is 1. The van der Waals surface area contributed by atoms with Crippen LogP contribution in [0.15, 0.2) is 55.0 Å².